The van der Waals surface area contributed by atoms with Crippen molar-refractivity contribution in [3.05, 3.63) is 54.1 Å². The Balaban J connectivity index is 2.31. The van der Waals surface area contributed by atoms with Gasteiger partial charge in [0, 0.05) is 18.0 Å². The number of aromatic nitrogens is 2. The third kappa shape index (κ3) is 1.41. The van der Waals surface area contributed by atoms with Crippen LogP contribution in [0.5, 0.6) is 0 Å². The van der Waals surface area contributed by atoms with Gasteiger partial charge in [0.05, 0.1) is 0 Å². The Labute approximate surface area is 105 Å². The monoisotopic (exact) mass is 267 g/mol. The van der Waals surface area contributed by atoms with Crippen molar-refractivity contribution in [3.63, 3.8) is 0 Å². The van der Waals surface area contributed by atoms with Gasteiger partial charge in [0.25, 0.3) is 5.91 Å². The van der Waals surface area contributed by atoms with Crippen molar-refractivity contribution in [2.45, 2.75) is 11.8 Å². The number of carbonyl (C=O) groups is 1. The van der Waals surface area contributed by atoms with Crippen LogP contribution in [0.4, 0.5) is 13.2 Å². The van der Waals surface area contributed by atoms with E-state index in [1.165, 1.54) is 30.5 Å². The number of nitrogens with zero attached hydrogens (tertiary/aromatic N) is 2. The first-order valence-corrected chi connectivity index (χ1v) is 5.45. The number of rotatable bonds is 1. The second kappa shape index (κ2) is 3.59. The van der Waals surface area contributed by atoms with Crippen molar-refractivity contribution in [3.8, 4) is 0 Å². The number of amides is 1. The van der Waals surface area contributed by atoms with E-state index in [2.05, 4.69) is 4.98 Å². The summed E-state index contributed by atoms with van der Waals surface area (Å²) in [5, 5.41) is 2.01. The van der Waals surface area contributed by atoms with Crippen LogP contribution in [0.15, 0.2) is 42.7 Å². The van der Waals surface area contributed by atoms with Gasteiger partial charge in [0.1, 0.15) is 0 Å². The molecule has 0 aliphatic carbocycles. The maximum atomic E-state index is 13.6. The van der Waals surface area contributed by atoms with Gasteiger partial charge in [0.15, 0.2) is 0 Å². The molecular weight excluding hydrogens is 259 g/mol. The van der Waals surface area contributed by atoms with Crippen molar-refractivity contribution >= 4 is 5.91 Å². The highest BCUT2D eigenvalue weighted by atomic mass is 19.4. The molecule has 0 bridgehead atoms. The normalized spacial score (nSPS) is 22.2. The summed E-state index contributed by atoms with van der Waals surface area (Å²) >= 11 is 0. The van der Waals surface area contributed by atoms with Crippen LogP contribution in [-0.2, 0) is 5.66 Å². The average Bonchev–Trinajstić information content (AvgIpc) is 2.93. The molecule has 0 saturated heterocycles. The van der Waals surface area contributed by atoms with Gasteiger partial charge in [-0.05, 0) is 0 Å². The van der Waals surface area contributed by atoms with Gasteiger partial charge in [-0.25, -0.2) is 4.98 Å². The number of hydrogen-bond donors (Lipinski definition) is 1. The van der Waals surface area contributed by atoms with Crippen LogP contribution in [0.2, 0.25) is 0 Å². The van der Waals surface area contributed by atoms with Crippen LogP contribution >= 0.6 is 0 Å². The molecule has 1 aromatic carbocycles. The minimum Gasteiger partial charge on any atom is -0.315 e. The van der Waals surface area contributed by atoms with Gasteiger partial charge >= 0.3 is 6.18 Å². The Morgan fingerprint density at radius 3 is 2.53 bits per heavy atom. The summed E-state index contributed by atoms with van der Waals surface area (Å²) in [6.07, 6.45) is -2.36. The fourth-order valence-electron chi connectivity index (χ4n) is 2.28. The number of fused-ring (bicyclic) bond motifs is 1. The summed E-state index contributed by atoms with van der Waals surface area (Å²) in [5.41, 5.74) is -2.65. The van der Waals surface area contributed by atoms with Crippen LogP contribution in [0.3, 0.4) is 0 Å². The van der Waals surface area contributed by atoms with E-state index in [9.17, 15) is 18.0 Å². The molecule has 1 aliphatic rings. The van der Waals surface area contributed by atoms with E-state index in [1.54, 1.807) is 6.07 Å². The summed E-state index contributed by atoms with van der Waals surface area (Å²) < 4.78 is 41.5. The second-order valence-electron chi connectivity index (χ2n) is 4.15. The number of carbonyl (C=O) groups excluding carboxylic acids is 1. The predicted molar refractivity (Wildman–Crippen MR) is 59.3 cm³/mol. The molecular formula is C12H8F3N3O. The van der Waals surface area contributed by atoms with Gasteiger partial charge in [-0.15, -0.1) is 0 Å². The fraction of sp³-hybridized carbons (Fsp3) is 0.167. The first-order chi connectivity index (χ1) is 8.97. The number of imidazole rings is 1. The highest BCUT2D eigenvalue weighted by Gasteiger charge is 2.63. The van der Waals surface area contributed by atoms with Gasteiger partial charge in [-0.3, -0.25) is 9.36 Å². The average molecular weight is 267 g/mol. The fourth-order valence-corrected chi connectivity index (χ4v) is 2.28. The van der Waals surface area contributed by atoms with Gasteiger partial charge in [-0.1, -0.05) is 30.3 Å². The molecule has 1 unspecified atom stereocenters. The molecule has 7 heteroatoms. The SMILES string of the molecule is O=C1NC(c2ccccc2)(C(F)(F)F)n2ccnc21. The Morgan fingerprint density at radius 1 is 1.21 bits per heavy atom. The number of benzene rings is 1. The van der Waals surface area contributed by atoms with E-state index in [-0.39, 0.29) is 11.4 Å². The zero-order valence-corrected chi connectivity index (χ0v) is 9.48. The summed E-state index contributed by atoms with van der Waals surface area (Å²) in [5.74, 6) is -1.09. The molecule has 0 fully saturated rings. The number of hydrogen-bond acceptors (Lipinski definition) is 2. The Kier molecular flexibility index (Phi) is 2.23. The lowest BCUT2D eigenvalue weighted by Gasteiger charge is -2.33. The molecule has 2 aromatic rings. The van der Waals surface area contributed by atoms with Crippen LogP contribution in [0.25, 0.3) is 0 Å². The number of alkyl halides is 3. The minimum atomic E-state index is -4.68. The summed E-state index contributed by atoms with van der Waals surface area (Å²) in [7, 11) is 0. The molecule has 98 valence electrons. The maximum absolute atomic E-state index is 13.6. The number of halogens is 3. The Morgan fingerprint density at radius 2 is 1.89 bits per heavy atom. The third-order valence-electron chi connectivity index (χ3n) is 3.10. The summed E-state index contributed by atoms with van der Waals surface area (Å²) in [4.78, 5) is 15.3. The smallest absolute Gasteiger partial charge is 0.315 e. The molecule has 0 saturated carbocycles. The molecule has 19 heavy (non-hydrogen) atoms. The molecule has 2 heterocycles. The molecule has 0 radical (unpaired) electrons. The van der Waals surface area contributed by atoms with E-state index in [0.717, 1.165) is 10.8 Å². The van der Waals surface area contributed by atoms with Crippen LogP contribution in [-0.4, -0.2) is 21.6 Å². The number of nitrogens with one attached hydrogen (secondary N) is 1. The first kappa shape index (κ1) is 11.8. The maximum Gasteiger partial charge on any atom is 0.435 e. The standard InChI is InChI=1S/C12H8F3N3O/c13-12(14,15)11(8-4-2-1-3-5-8)17-10(19)9-16-6-7-18(9)11/h1-7H,(H,17,19). The zero-order valence-electron chi connectivity index (χ0n) is 9.48. The highest BCUT2D eigenvalue weighted by Crippen LogP contribution is 2.43. The summed E-state index contributed by atoms with van der Waals surface area (Å²) in [6, 6.07) is 7.23. The van der Waals surface area contributed by atoms with Crippen LogP contribution in [0.1, 0.15) is 16.2 Å². The van der Waals surface area contributed by atoms with E-state index in [0.29, 0.717) is 0 Å². The second-order valence-corrected chi connectivity index (χ2v) is 4.15. The Bertz CT molecular complexity index is 635. The molecule has 0 spiro atoms. The van der Waals surface area contributed by atoms with E-state index in [1.807, 2.05) is 5.32 Å². The molecule has 4 nitrogen and oxygen atoms in total. The van der Waals surface area contributed by atoms with Gasteiger partial charge in [0.2, 0.25) is 11.5 Å². The van der Waals surface area contributed by atoms with Crippen molar-refractivity contribution < 1.29 is 18.0 Å². The molecule has 1 N–H and O–H groups in total. The lowest BCUT2D eigenvalue weighted by molar-refractivity contribution is -0.203. The molecule has 1 atom stereocenters. The molecule has 1 aromatic heterocycles. The largest absolute Gasteiger partial charge is 0.435 e. The van der Waals surface area contributed by atoms with E-state index >= 15 is 0 Å². The van der Waals surface area contributed by atoms with Gasteiger partial charge in [-0.2, -0.15) is 13.2 Å². The molecule has 1 amide bonds. The van der Waals surface area contributed by atoms with E-state index in [4.69, 9.17) is 0 Å². The van der Waals surface area contributed by atoms with Crippen molar-refractivity contribution in [1.82, 2.24) is 14.9 Å². The molecule has 1 aliphatic heterocycles. The van der Waals surface area contributed by atoms with Crippen LogP contribution in [0, 0.1) is 0 Å². The van der Waals surface area contributed by atoms with Crippen molar-refractivity contribution in [2.24, 2.45) is 0 Å². The van der Waals surface area contributed by atoms with Crippen molar-refractivity contribution in [2.75, 3.05) is 0 Å². The highest BCUT2D eigenvalue weighted by molar-refractivity contribution is 5.94. The van der Waals surface area contributed by atoms with Gasteiger partial charge < -0.3 is 5.32 Å². The lowest BCUT2D eigenvalue weighted by Crippen LogP contribution is -2.55. The zero-order chi connectivity index (χ0) is 13.7. The molecule has 3 rings (SSSR count). The van der Waals surface area contributed by atoms with E-state index < -0.39 is 17.7 Å². The van der Waals surface area contributed by atoms with Crippen molar-refractivity contribution in [1.29, 1.82) is 0 Å². The Hall–Kier alpha value is -2.31. The summed E-state index contributed by atoms with van der Waals surface area (Å²) in [6.45, 7) is 0. The predicted octanol–water partition coefficient (Wildman–Crippen LogP) is 1.89. The topological polar surface area (TPSA) is 46.9 Å². The minimum absolute atomic E-state index is 0.0624. The van der Waals surface area contributed by atoms with Crippen LogP contribution < -0.4 is 5.32 Å². The first-order valence-electron chi connectivity index (χ1n) is 5.45. The quantitative estimate of drug-likeness (QED) is 0.857. The lowest BCUT2D eigenvalue weighted by atomic mass is 9.99. The third-order valence-corrected chi connectivity index (χ3v) is 3.10.